The van der Waals surface area contributed by atoms with Gasteiger partial charge in [-0.15, -0.1) is 0 Å². The summed E-state index contributed by atoms with van der Waals surface area (Å²) in [6.45, 7) is 3.84. The molecule has 1 aromatic carbocycles. The molecule has 0 aliphatic heterocycles. The lowest BCUT2D eigenvalue weighted by atomic mass is 10.1. The Labute approximate surface area is 132 Å². The monoisotopic (exact) mass is 311 g/mol. The molecule has 23 heavy (non-hydrogen) atoms. The summed E-state index contributed by atoms with van der Waals surface area (Å²) in [5, 5.41) is 2.80. The standard InChI is InChI=1S/C17H17N3O3/c1-10-4-6-13(23-10)9-18-16(21)12-5-7-15-14(8-12)19-11(2)17(22)20(15)3/h4-8H,9H2,1-3H3,(H,18,21). The molecule has 0 radical (unpaired) electrons. The summed E-state index contributed by atoms with van der Waals surface area (Å²) >= 11 is 0. The van der Waals surface area contributed by atoms with Gasteiger partial charge in [0.2, 0.25) is 0 Å². The van der Waals surface area contributed by atoms with Crippen LogP contribution in [0.4, 0.5) is 0 Å². The highest BCUT2D eigenvalue weighted by molar-refractivity contribution is 5.97. The maximum Gasteiger partial charge on any atom is 0.272 e. The molecular weight excluding hydrogens is 294 g/mol. The average Bonchev–Trinajstić information content (AvgIpc) is 2.95. The number of benzene rings is 1. The lowest BCUT2D eigenvalue weighted by Crippen LogP contribution is -2.24. The molecule has 2 heterocycles. The van der Waals surface area contributed by atoms with Crippen LogP contribution in [0.3, 0.4) is 0 Å². The predicted molar refractivity (Wildman–Crippen MR) is 86.3 cm³/mol. The summed E-state index contributed by atoms with van der Waals surface area (Å²) in [5.41, 5.74) is 2.07. The molecule has 2 aromatic heterocycles. The summed E-state index contributed by atoms with van der Waals surface area (Å²) in [5.74, 6) is 1.29. The van der Waals surface area contributed by atoms with Crippen molar-refractivity contribution in [1.29, 1.82) is 0 Å². The summed E-state index contributed by atoms with van der Waals surface area (Å²) in [6.07, 6.45) is 0. The SMILES string of the molecule is Cc1ccc(CNC(=O)c2ccc3c(c2)nc(C)c(=O)n3C)o1. The number of carbonyl (C=O) groups is 1. The molecule has 118 valence electrons. The number of furan rings is 1. The van der Waals surface area contributed by atoms with Gasteiger partial charge in [0, 0.05) is 12.6 Å². The molecule has 0 bridgehead atoms. The molecule has 0 fully saturated rings. The maximum atomic E-state index is 12.3. The van der Waals surface area contributed by atoms with Crippen LogP contribution in [0.2, 0.25) is 0 Å². The molecule has 3 aromatic rings. The third-order valence-corrected chi connectivity index (χ3v) is 3.72. The third kappa shape index (κ3) is 2.88. The Kier molecular flexibility index (Phi) is 3.73. The van der Waals surface area contributed by atoms with Crippen molar-refractivity contribution in [3.05, 3.63) is 63.5 Å². The number of fused-ring (bicyclic) bond motifs is 1. The lowest BCUT2D eigenvalue weighted by molar-refractivity contribution is 0.0948. The quantitative estimate of drug-likeness (QED) is 0.803. The van der Waals surface area contributed by atoms with Gasteiger partial charge in [-0.25, -0.2) is 4.98 Å². The molecule has 1 N–H and O–H groups in total. The normalized spacial score (nSPS) is 10.9. The predicted octanol–water partition coefficient (Wildman–Crippen LogP) is 2.07. The van der Waals surface area contributed by atoms with E-state index in [9.17, 15) is 9.59 Å². The van der Waals surface area contributed by atoms with Crippen molar-refractivity contribution < 1.29 is 9.21 Å². The zero-order valence-electron chi connectivity index (χ0n) is 13.2. The fourth-order valence-electron chi connectivity index (χ4n) is 2.47. The van der Waals surface area contributed by atoms with Crippen molar-refractivity contribution in [1.82, 2.24) is 14.9 Å². The second kappa shape index (κ2) is 5.72. The van der Waals surface area contributed by atoms with Crippen LogP contribution in [-0.4, -0.2) is 15.5 Å². The molecule has 0 aliphatic rings. The minimum Gasteiger partial charge on any atom is -0.465 e. The number of aryl methyl sites for hydroxylation is 3. The van der Waals surface area contributed by atoms with Gasteiger partial charge in [-0.3, -0.25) is 9.59 Å². The van der Waals surface area contributed by atoms with E-state index in [-0.39, 0.29) is 11.5 Å². The van der Waals surface area contributed by atoms with Gasteiger partial charge in [0.1, 0.15) is 17.2 Å². The Morgan fingerprint density at radius 1 is 1.26 bits per heavy atom. The number of hydrogen-bond donors (Lipinski definition) is 1. The van der Waals surface area contributed by atoms with E-state index in [0.717, 1.165) is 5.76 Å². The molecule has 0 unspecified atom stereocenters. The minimum atomic E-state index is -0.214. The van der Waals surface area contributed by atoms with Crippen LogP contribution in [0.1, 0.15) is 27.6 Å². The van der Waals surface area contributed by atoms with Crippen LogP contribution < -0.4 is 10.9 Å². The zero-order valence-corrected chi connectivity index (χ0v) is 13.2. The van der Waals surface area contributed by atoms with E-state index in [1.165, 1.54) is 4.57 Å². The van der Waals surface area contributed by atoms with E-state index in [1.54, 1.807) is 32.2 Å². The van der Waals surface area contributed by atoms with Gasteiger partial charge >= 0.3 is 0 Å². The Balaban J connectivity index is 1.86. The van der Waals surface area contributed by atoms with Gasteiger partial charge in [0.15, 0.2) is 0 Å². The van der Waals surface area contributed by atoms with Crippen molar-refractivity contribution >= 4 is 16.9 Å². The van der Waals surface area contributed by atoms with Gasteiger partial charge in [-0.2, -0.15) is 0 Å². The molecule has 0 saturated heterocycles. The van der Waals surface area contributed by atoms with Gasteiger partial charge < -0.3 is 14.3 Å². The Morgan fingerprint density at radius 2 is 2.04 bits per heavy atom. The average molecular weight is 311 g/mol. The number of carbonyl (C=O) groups excluding carboxylic acids is 1. The number of hydrogen-bond acceptors (Lipinski definition) is 4. The van der Waals surface area contributed by atoms with E-state index in [0.29, 0.717) is 34.6 Å². The van der Waals surface area contributed by atoms with Gasteiger partial charge in [-0.05, 0) is 44.2 Å². The number of rotatable bonds is 3. The molecule has 6 nitrogen and oxygen atoms in total. The summed E-state index contributed by atoms with van der Waals surface area (Å²) < 4.78 is 6.95. The highest BCUT2D eigenvalue weighted by atomic mass is 16.3. The van der Waals surface area contributed by atoms with Crippen LogP contribution >= 0.6 is 0 Å². The van der Waals surface area contributed by atoms with Crippen molar-refractivity contribution in [2.75, 3.05) is 0 Å². The molecule has 0 aliphatic carbocycles. The van der Waals surface area contributed by atoms with E-state index >= 15 is 0 Å². The Morgan fingerprint density at radius 3 is 2.74 bits per heavy atom. The first-order valence-electron chi connectivity index (χ1n) is 7.26. The van der Waals surface area contributed by atoms with Crippen LogP contribution in [0.15, 0.2) is 39.5 Å². The second-order valence-electron chi connectivity index (χ2n) is 5.46. The first-order valence-corrected chi connectivity index (χ1v) is 7.26. The molecule has 3 rings (SSSR count). The van der Waals surface area contributed by atoms with Gasteiger partial charge in [0.25, 0.3) is 11.5 Å². The number of aromatic nitrogens is 2. The second-order valence-corrected chi connectivity index (χ2v) is 5.46. The summed E-state index contributed by atoms with van der Waals surface area (Å²) in [6, 6.07) is 8.78. The molecule has 1 amide bonds. The third-order valence-electron chi connectivity index (χ3n) is 3.72. The molecule has 6 heteroatoms. The van der Waals surface area contributed by atoms with E-state index in [1.807, 2.05) is 19.1 Å². The maximum absolute atomic E-state index is 12.3. The first-order chi connectivity index (χ1) is 11.0. The van der Waals surface area contributed by atoms with Crippen molar-refractivity contribution in [2.24, 2.45) is 7.05 Å². The van der Waals surface area contributed by atoms with E-state index in [4.69, 9.17) is 4.42 Å². The smallest absolute Gasteiger partial charge is 0.272 e. The zero-order chi connectivity index (χ0) is 16.6. The first kappa shape index (κ1) is 15.0. The van der Waals surface area contributed by atoms with E-state index in [2.05, 4.69) is 10.3 Å². The minimum absolute atomic E-state index is 0.136. The summed E-state index contributed by atoms with van der Waals surface area (Å²) in [4.78, 5) is 28.4. The highest BCUT2D eigenvalue weighted by Gasteiger charge is 2.10. The molecule has 0 saturated carbocycles. The topological polar surface area (TPSA) is 77.1 Å². The van der Waals surface area contributed by atoms with E-state index < -0.39 is 0 Å². The highest BCUT2D eigenvalue weighted by Crippen LogP contribution is 2.13. The van der Waals surface area contributed by atoms with Crippen molar-refractivity contribution in [3.63, 3.8) is 0 Å². The fraction of sp³-hybridized carbons (Fsp3) is 0.235. The molecule has 0 spiro atoms. The Hall–Kier alpha value is -2.89. The van der Waals surface area contributed by atoms with Gasteiger partial charge in [-0.1, -0.05) is 0 Å². The lowest BCUT2D eigenvalue weighted by Gasteiger charge is -2.08. The largest absolute Gasteiger partial charge is 0.465 e. The fourth-order valence-corrected chi connectivity index (χ4v) is 2.47. The van der Waals surface area contributed by atoms with Crippen LogP contribution in [0.25, 0.3) is 11.0 Å². The van der Waals surface area contributed by atoms with Crippen LogP contribution in [-0.2, 0) is 13.6 Å². The van der Waals surface area contributed by atoms with Crippen LogP contribution in [0.5, 0.6) is 0 Å². The number of nitrogens with one attached hydrogen (secondary N) is 1. The Bertz CT molecular complexity index is 953. The van der Waals surface area contributed by atoms with Gasteiger partial charge in [0.05, 0.1) is 17.6 Å². The molecular formula is C17H17N3O3. The molecule has 0 atom stereocenters. The number of nitrogens with zero attached hydrogens (tertiary/aromatic N) is 2. The van der Waals surface area contributed by atoms with Crippen LogP contribution in [0, 0.1) is 13.8 Å². The number of amides is 1. The summed E-state index contributed by atoms with van der Waals surface area (Å²) in [7, 11) is 1.69. The van der Waals surface area contributed by atoms with Crippen molar-refractivity contribution in [3.8, 4) is 0 Å². The van der Waals surface area contributed by atoms with Crippen molar-refractivity contribution in [2.45, 2.75) is 20.4 Å².